The van der Waals surface area contributed by atoms with Gasteiger partial charge in [0.05, 0.1) is 11.0 Å². The van der Waals surface area contributed by atoms with Crippen LogP contribution in [0.5, 0.6) is 0 Å². The number of fused-ring (bicyclic) bond motifs is 1. The average Bonchev–Trinajstić information content (AvgIpc) is 3.01. The number of benzene rings is 1. The lowest BCUT2D eigenvalue weighted by Crippen LogP contribution is -2.45. The molecule has 2 heterocycles. The van der Waals surface area contributed by atoms with Crippen LogP contribution in [-0.2, 0) is 9.53 Å². The van der Waals surface area contributed by atoms with Crippen LogP contribution in [-0.4, -0.2) is 59.5 Å². The Bertz CT molecular complexity index is 786. The third kappa shape index (κ3) is 4.22. The summed E-state index contributed by atoms with van der Waals surface area (Å²) in [7, 11) is 1.50. The molecule has 1 atom stereocenters. The molecule has 1 aliphatic rings. The Hall–Kier alpha value is -2.41. The van der Waals surface area contributed by atoms with E-state index >= 15 is 0 Å². The van der Waals surface area contributed by atoms with Crippen molar-refractivity contribution in [2.24, 2.45) is 0 Å². The maximum Gasteiger partial charge on any atom is 0.254 e. The first-order chi connectivity index (χ1) is 12.6. The summed E-state index contributed by atoms with van der Waals surface area (Å²) in [5.41, 5.74) is 2.43. The van der Waals surface area contributed by atoms with Crippen LogP contribution in [0.4, 0.5) is 0 Å². The number of rotatable bonds is 6. The predicted octanol–water partition coefficient (Wildman–Crippen LogP) is 2.02. The molecule has 2 N–H and O–H groups in total. The number of ether oxygens (including phenoxy) is 1. The third-order valence-corrected chi connectivity index (χ3v) is 4.81. The lowest BCUT2D eigenvalue weighted by molar-refractivity contribution is -0.124. The van der Waals surface area contributed by atoms with E-state index in [4.69, 9.17) is 4.74 Å². The molecule has 2 amide bonds. The van der Waals surface area contributed by atoms with Gasteiger partial charge in [-0.25, -0.2) is 4.98 Å². The van der Waals surface area contributed by atoms with Gasteiger partial charge >= 0.3 is 0 Å². The molecular formula is C19H26N4O3. The number of amides is 2. The zero-order valence-electron chi connectivity index (χ0n) is 15.4. The third-order valence-electron chi connectivity index (χ3n) is 4.81. The van der Waals surface area contributed by atoms with Gasteiger partial charge in [0.25, 0.3) is 5.91 Å². The Morgan fingerprint density at radius 2 is 2.23 bits per heavy atom. The summed E-state index contributed by atoms with van der Waals surface area (Å²) in [6.07, 6.45) is 3.85. The van der Waals surface area contributed by atoms with E-state index in [-0.39, 0.29) is 24.5 Å². The normalized spacial score (nSPS) is 17.5. The van der Waals surface area contributed by atoms with Crippen molar-refractivity contribution in [2.45, 2.75) is 38.6 Å². The average molecular weight is 358 g/mol. The fraction of sp³-hybridized carbons (Fsp3) is 0.526. The molecule has 1 fully saturated rings. The molecule has 0 saturated carbocycles. The number of imidazole rings is 1. The van der Waals surface area contributed by atoms with Gasteiger partial charge in [-0.15, -0.1) is 0 Å². The van der Waals surface area contributed by atoms with Crippen molar-refractivity contribution in [3.8, 4) is 0 Å². The van der Waals surface area contributed by atoms with Crippen LogP contribution < -0.4 is 5.32 Å². The minimum Gasteiger partial charge on any atom is -0.375 e. The summed E-state index contributed by atoms with van der Waals surface area (Å²) in [6, 6.07) is 5.76. The van der Waals surface area contributed by atoms with Crippen molar-refractivity contribution in [1.29, 1.82) is 0 Å². The van der Waals surface area contributed by atoms with Gasteiger partial charge < -0.3 is 19.9 Å². The van der Waals surface area contributed by atoms with E-state index in [1.165, 1.54) is 7.11 Å². The molecule has 26 heavy (non-hydrogen) atoms. The topological polar surface area (TPSA) is 87.3 Å². The number of hydrogen-bond donors (Lipinski definition) is 2. The molecule has 0 aliphatic carbocycles. The lowest BCUT2D eigenvalue weighted by Gasteiger charge is -2.36. The number of likely N-dealkylation sites (tertiary alicyclic amines) is 1. The Labute approximate surface area is 153 Å². The number of aromatic amines is 1. The second-order valence-corrected chi connectivity index (χ2v) is 6.77. The summed E-state index contributed by atoms with van der Waals surface area (Å²) in [4.78, 5) is 34.1. The summed E-state index contributed by atoms with van der Waals surface area (Å²) in [5.74, 6) is 0.764. The first-order valence-electron chi connectivity index (χ1n) is 9.11. The molecule has 2 aromatic rings. The summed E-state index contributed by atoms with van der Waals surface area (Å²) in [5, 5.41) is 2.84. The second-order valence-electron chi connectivity index (χ2n) is 6.77. The van der Waals surface area contributed by atoms with Crippen molar-refractivity contribution >= 4 is 22.8 Å². The summed E-state index contributed by atoms with van der Waals surface area (Å²) >= 11 is 0. The molecule has 1 unspecified atom stereocenters. The van der Waals surface area contributed by atoms with E-state index in [2.05, 4.69) is 15.3 Å². The molecular weight excluding hydrogens is 332 g/mol. The number of nitrogens with zero attached hydrogens (tertiary/aromatic N) is 2. The number of piperidine rings is 1. The molecule has 1 aliphatic heterocycles. The van der Waals surface area contributed by atoms with E-state index in [9.17, 15) is 9.59 Å². The zero-order chi connectivity index (χ0) is 18.5. The van der Waals surface area contributed by atoms with Gasteiger partial charge in [0.1, 0.15) is 12.4 Å². The number of aryl methyl sites for hydroxylation is 1. The molecule has 1 saturated heterocycles. The molecule has 0 bridgehead atoms. The number of methoxy groups -OCH3 is 1. The van der Waals surface area contributed by atoms with Crippen LogP contribution >= 0.6 is 0 Å². The van der Waals surface area contributed by atoms with E-state index in [1.807, 2.05) is 30.0 Å². The predicted molar refractivity (Wildman–Crippen MR) is 99.0 cm³/mol. The number of carbonyl (C=O) groups excluding carboxylic acids is 2. The number of carbonyl (C=O) groups is 2. The molecule has 1 aromatic heterocycles. The van der Waals surface area contributed by atoms with Crippen LogP contribution in [0.3, 0.4) is 0 Å². The number of hydrogen-bond acceptors (Lipinski definition) is 4. The highest BCUT2D eigenvalue weighted by molar-refractivity contribution is 5.97. The van der Waals surface area contributed by atoms with Crippen molar-refractivity contribution in [3.63, 3.8) is 0 Å². The largest absolute Gasteiger partial charge is 0.375 e. The highest BCUT2D eigenvalue weighted by atomic mass is 16.5. The monoisotopic (exact) mass is 358 g/mol. The van der Waals surface area contributed by atoms with Crippen molar-refractivity contribution < 1.29 is 14.3 Å². The Morgan fingerprint density at radius 3 is 3.04 bits per heavy atom. The van der Waals surface area contributed by atoms with Gasteiger partial charge in [-0.3, -0.25) is 9.59 Å². The van der Waals surface area contributed by atoms with Crippen molar-refractivity contribution in [3.05, 3.63) is 29.6 Å². The van der Waals surface area contributed by atoms with Crippen LogP contribution in [0, 0.1) is 6.92 Å². The number of nitrogens with one attached hydrogen (secondary N) is 2. The van der Waals surface area contributed by atoms with Crippen molar-refractivity contribution in [1.82, 2.24) is 20.2 Å². The smallest absolute Gasteiger partial charge is 0.254 e. The molecule has 1 aromatic carbocycles. The van der Waals surface area contributed by atoms with Crippen molar-refractivity contribution in [2.75, 3.05) is 26.8 Å². The molecule has 0 spiro atoms. The van der Waals surface area contributed by atoms with Gasteiger partial charge in [-0.05, 0) is 50.8 Å². The molecule has 7 nitrogen and oxygen atoms in total. The maximum absolute atomic E-state index is 13.0. The summed E-state index contributed by atoms with van der Waals surface area (Å²) < 4.78 is 4.82. The minimum atomic E-state index is -0.124. The molecule has 140 valence electrons. The van der Waals surface area contributed by atoms with E-state index in [0.717, 1.165) is 49.1 Å². The summed E-state index contributed by atoms with van der Waals surface area (Å²) in [6.45, 7) is 3.28. The minimum absolute atomic E-state index is 0.0482. The fourth-order valence-corrected chi connectivity index (χ4v) is 3.56. The van der Waals surface area contributed by atoms with E-state index in [0.29, 0.717) is 12.1 Å². The first-order valence-corrected chi connectivity index (χ1v) is 9.11. The van der Waals surface area contributed by atoms with Crippen LogP contribution in [0.25, 0.3) is 11.0 Å². The van der Waals surface area contributed by atoms with Crippen LogP contribution in [0.2, 0.25) is 0 Å². The Morgan fingerprint density at radius 1 is 1.38 bits per heavy atom. The first kappa shape index (κ1) is 18.4. The standard InChI is InChI=1S/C19H26N4O3/c1-13-21-16-7-6-14(11-17(16)22-13)19(25)23-10-4-3-5-15(23)8-9-20-18(24)12-26-2/h6-7,11,15H,3-5,8-10,12H2,1-2H3,(H,20,24)(H,21,22). The fourth-order valence-electron chi connectivity index (χ4n) is 3.56. The zero-order valence-corrected chi connectivity index (χ0v) is 15.4. The Balaban J connectivity index is 1.67. The second kappa shape index (κ2) is 8.31. The highest BCUT2D eigenvalue weighted by Gasteiger charge is 2.27. The van der Waals surface area contributed by atoms with Crippen LogP contribution in [0.15, 0.2) is 18.2 Å². The quantitative estimate of drug-likeness (QED) is 0.827. The molecule has 7 heteroatoms. The SMILES string of the molecule is COCC(=O)NCCC1CCCCN1C(=O)c1ccc2nc(C)[nH]c2c1. The number of H-pyrrole nitrogens is 1. The Kier molecular flexibility index (Phi) is 5.88. The molecule has 0 radical (unpaired) electrons. The van der Waals surface area contributed by atoms with Gasteiger partial charge in [0.15, 0.2) is 0 Å². The van der Waals surface area contributed by atoms with Gasteiger partial charge in [-0.2, -0.15) is 0 Å². The number of aromatic nitrogens is 2. The van der Waals surface area contributed by atoms with E-state index < -0.39 is 0 Å². The van der Waals surface area contributed by atoms with Gasteiger partial charge in [0.2, 0.25) is 5.91 Å². The lowest BCUT2D eigenvalue weighted by atomic mass is 9.98. The molecule has 3 rings (SSSR count). The highest BCUT2D eigenvalue weighted by Crippen LogP contribution is 2.23. The van der Waals surface area contributed by atoms with Gasteiger partial charge in [-0.1, -0.05) is 0 Å². The maximum atomic E-state index is 13.0. The van der Waals surface area contributed by atoms with E-state index in [1.54, 1.807) is 0 Å². The van der Waals surface area contributed by atoms with Gasteiger partial charge in [0, 0.05) is 31.8 Å². The van der Waals surface area contributed by atoms with Crippen LogP contribution in [0.1, 0.15) is 41.9 Å².